The highest BCUT2D eigenvalue weighted by Gasteiger charge is 2.66. The van der Waals surface area contributed by atoms with E-state index < -0.39 is 36.0 Å². The van der Waals surface area contributed by atoms with Gasteiger partial charge < -0.3 is 31.1 Å². The van der Waals surface area contributed by atoms with Crippen LogP contribution in [0.15, 0.2) is 6.33 Å². The fourth-order valence-corrected chi connectivity index (χ4v) is 6.53. The van der Waals surface area contributed by atoms with Gasteiger partial charge in [0.05, 0.1) is 6.33 Å². The Hall–Kier alpha value is -2.78. The minimum atomic E-state index is -1.42. The SMILES string of the molecule is CC12CCC(C(O)(C#Cc3nc(N)c4ncn([C@@H]5O[C@H](C(=O)NC6CC6)[C@@H](O)[C@H]5O)c4n3)C1)C2(C)C. The van der Waals surface area contributed by atoms with Gasteiger partial charge in [-0.15, -0.1) is 0 Å². The summed E-state index contributed by atoms with van der Waals surface area (Å²) in [6, 6.07) is 0.0882. The van der Waals surface area contributed by atoms with Gasteiger partial charge in [0.2, 0.25) is 5.82 Å². The van der Waals surface area contributed by atoms with Gasteiger partial charge in [0.1, 0.15) is 23.3 Å². The quantitative estimate of drug-likeness (QED) is 0.374. The number of imidazole rings is 1. The van der Waals surface area contributed by atoms with Gasteiger partial charge in [-0.3, -0.25) is 9.36 Å². The van der Waals surface area contributed by atoms with Crippen LogP contribution >= 0.6 is 0 Å². The van der Waals surface area contributed by atoms with Crippen LogP contribution in [0.4, 0.5) is 5.82 Å². The Morgan fingerprint density at radius 3 is 2.61 bits per heavy atom. The molecule has 1 aliphatic heterocycles. The molecule has 1 amide bonds. The number of nitrogens with one attached hydrogen (secondary N) is 1. The van der Waals surface area contributed by atoms with Gasteiger partial charge in [-0.1, -0.05) is 26.7 Å². The van der Waals surface area contributed by atoms with Crippen LogP contribution in [-0.2, 0) is 9.53 Å². The number of nitrogens with zero attached hydrogens (tertiary/aromatic N) is 4. The van der Waals surface area contributed by atoms with E-state index in [1.165, 1.54) is 10.9 Å². The lowest BCUT2D eigenvalue weighted by molar-refractivity contribution is -0.137. The zero-order valence-electron chi connectivity index (χ0n) is 20.6. The largest absolute Gasteiger partial charge is 0.387 e. The molecular weight excluding hydrogens is 464 g/mol. The number of hydrogen-bond donors (Lipinski definition) is 5. The molecule has 2 aromatic rings. The van der Waals surface area contributed by atoms with Crippen LogP contribution in [0.1, 0.15) is 64.9 Å². The number of amides is 1. The molecule has 1 saturated heterocycles. The van der Waals surface area contributed by atoms with Crippen LogP contribution in [-0.4, -0.2) is 70.7 Å². The molecule has 4 fully saturated rings. The number of fused-ring (bicyclic) bond motifs is 3. The topological polar surface area (TPSA) is 169 Å². The molecule has 192 valence electrons. The minimum Gasteiger partial charge on any atom is -0.387 e. The first-order chi connectivity index (χ1) is 16.9. The van der Waals surface area contributed by atoms with E-state index in [0.717, 1.165) is 25.7 Å². The van der Waals surface area contributed by atoms with Crippen molar-refractivity contribution in [3.05, 3.63) is 12.2 Å². The van der Waals surface area contributed by atoms with Crippen molar-refractivity contribution in [3.8, 4) is 11.8 Å². The average Bonchev–Trinajstić information content (AvgIpc) is 3.32. The highest BCUT2D eigenvalue weighted by molar-refractivity contribution is 5.83. The van der Waals surface area contributed by atoms with Crippen molar-refractivity contribution in [1.29, 1.82) is 0 Å². The van der Waals surface area contributed by atoms with E-state index in [9.17, 15) is 20.1 Å². The average molecular weight is 497 g/mol. The Morgan fingerprint density at radius 2 is 1.97 bits per heavy atom. The van der Waals surface area contributed by atoms with Crippen LogP contribution in [0.2, 0.25) is 0 Å². The smallest absolute Gasteiger partial charge is 0.252 e. The number of aromatic nitrogens is 4. The summed E-state index contributed by atoms with van der Waals surface area (Å²) in [5.74, 6) is 5.75. The van der Waals surface area contributed by atoms with Gasteiger partial charge in [0.15, 0.2) is 23.8 Å². The number of aliphatic hydroxyl groups is 3. The fraction of sp³-hybridized carbons (Fsp3) is 0.680. The van der Waals surface area contributed by atoms with Crippen molar-refractivity contribution in [1.82, 2.24) is 24.8 Å². The number of nitrogens with two attached hydrogens (primary N) is 1. The molecular formula is C25H32N6O5. The van der Waals surface area contributed by atoms with Gasteiger partial charge in [-0.2, -0.15) is 0 Å². The number of nitrogen functional groups attached to an aromatic ring is 1. The molecule has 3 saturated carbocycles. The lowest BCUT2D eigenvalue weighted by Crippen LogP contribution is -2.43. The molecule has 0 radical (unpaired) electrons. The second-order valence-electron chi connectivity index (χ2n) is 11.7. The third kappa shape index (κ3) is 3.35. The maximum Gasteiger partial charge on any atom is 0.252 e. The van der Waals surface area contributed by atoms with Crippen molar-refractivity contribution >= 4 is 22.9 Å². The summed E-state index contributed by atoms with van der Waals surface area (Å²) in [4.78, 5) is 25.5. The molecule has 11 nitrogen and oxygen atoms in total. The molecule has 6 rings (SSSR count). The van der Waals surface area contributed by atoms with E-state index in [4.69, 9.17) is 10.5 Å². The summed E-state index contributed by atoms with van der Waals surface area (Å²) in [6.07, 6.45) is 0.590. The van der Waals surface area contributed by atoms with Gasteiger partial charge >= 0.3 is 0 Å². The third-order valence-corrected chi connectivity index (χ3v) is 9.18. The summed E-state index contributed by atoms with van der Waals surface area (Å²) < 4.78 is 7.19. The maximum atomic E-state index is 12.5. The summed E-state index contributed by atoms with van der Waals surface area (Å²) in [5.41, 5.74) is 5.51. The van der Waals surface area contributed by atoms with E-state index in [1.54, 1.807) is 0 Å². The zero-order valence-corrected chi connectivity index (χ0v) is 20.6. The van der Waals surface area contributed by atoms with Gasteiger partial charge in [0.25, 0.3) is 5.91 Å². The highest BCUT2D eigenvalue weighted by Crippen LogP contribution is 2.68. The van der Waals surface area contributed by atoms with Crippen LogP contribution in [0.3, 0.4) is 0 Å². The molecule has 4 aliphatic rings. The number of aliphatic hydroxyl groups excluding tert-OH is 2. The van der Waals surface area contributed by atoms with Crippen LogP contribution in [0, 0.1) is 28.6 Å². The number of carbonyl (C=O) groups is 1. The second-order valence-corrected chi connectivity index (χ2v) is 11.7. The molecule has 3 unspecified atom stereocenters. The number of hydrogen-bond acceptors (Lipinski definition) is 9. The van der Waals surface area contributed by atoms with E-state index in [2.05, 4.69) is 52.9 Å². The molecule has 3 aliphatic carbocycles. The number of anilines is 1. The number of carbonyl (C=O) groups excluding carboxylic acids is 1. The van der Waals surface area contributed by atoms with Gasteiger partial charge in [-0.05, 0) is 48.9 Å². The summed E-state index contributed by atoms with van der Waals surface area (Å²) in [6.45, 7) is 6.61. The lowest BCUT2D eigenvalue weighted by atomic mass is 9.71. The Labute approximate surface area is 208 Å². The molecule has 6 N–H and O–H groups in total. The molecule has 36 heavy (non-hydrogen) atoms. The summed E-state index contributed by atoms with van der Waals surface area (Å²) in [5, 5.41) is 35.4. The van der Waals surface area contributed by atoms with E-state index in [-0.39, 0.29) is 45.6 Å². The first-order valence-corrected chi connectivity index (χ1v) is 12.5. The molecule has 0 spiro atoms. The van der Waals surface area contributed by atoms with Crippen LogP contribution in [0.25, 0.3) is 11.2 Å². The fourth-order valence-electron chi connectivity index (χ4n) is 6.53. The first-order valence-electron chi connectivity index (χ1n) is 12.5. The van der Waals surface area contributed by atoms with Crippen molar-refractivity contribution in [2.24, 2.45) is 16.7 Å². The monoisotopic (exact) mass is 496 g/mol. The standard InChI is InChI=1S/C25H32N6O5/c1-23(2)13-6-8-24(23,3)10-25(13,35)9-7-14-29-19(26)15-20(30-14)31(11-27-15)22-17(33)16(32)18(36-22)21(34)28-12-4-5-12/h11-13,16-18,22,32-33,35H,4-6,8,10H2,1-3H3,(H,28,34)(H2,26,29,30)/t13?,16-,17+,18-,22+,24?,25?/m0/s1. The zero-order chi connectivity index (χ0) is 25.6. The van der Waals surface area contributed by atoms with E-state index >= 15 is 0 Å². The number of ether oxygens (including phenoxy) is 1. The van der Waals surface area contributed by atoms with Gasteiger partial charge in [0, 0.05) is 12.0 Å². The molecule has 7 atom stereocenters. The Bertz CT molecular complexity index is 1310. The highest BCUT2D eigenvalue weighted by atomic mass is 16.6. The van der Waals surface area contributed by atoms with Crippen molar-refractivity contribution in [2.45, 2.75) is 89.1 Å². The Morgan fingerprint density at radius 1 is 1.22 bits per heavy atom. The second kappa shape index (κ2) is 7.61. The summed E-state index contributed by atoms with van der Waals surface area (Å²) in [7, 11) is 0. The third-order valence-electron chi connectivity index (χ3n) is 9.18. The Balaban J connectivity index is 1.31. The lowest BCUT2D eigenvalue weighted by Gasteiger charge is -2.33. The predicted octanol–water partition coefficient (Wildman–Crippen LogP) is 0.235. The predicted molar refractivity (Wildman–Crippen MR) is 128 cm³/mol. The minimum absolute atomic E-state index is 0.0165. The normalized spacial score (nSPS) is 38.8. The van der Waals surface area contributed by atoms with E-state index in [0.29, 0.717) is 6.42 Å². The summed E-state index contributed by atoms with van der Waals surface area (Å²) >= 11 is 0. The number of rotatable bonds is 3. The van der Waals surface area contributed by atoms with Crippen LogP contribution < -0.4 is 11.1 Å². The van der Waals surface area contributed by atoms with Crippen LogP contribution in [0.5, 0.6) is 0 Å². The molecule has 0 aromatic carbocycles. The van der Waals surface area contributed by atoms with Crippen molar-refractivity contribution in [3.63, 3.8) is 0 Å². The molecule has 2 bridgehead atoms. The van der Waals surface area contributed by atoms with Crippen molar-refractivity contribution in [2.75, 3.05) is 5.73 Å². The molecule has 2 aromatic heterocycles. The first kappa shape index (κ1) is 23.6. The van der Waals surface area contributed by atoms with Gasteiger partial charge in [-0.25, -0.2) is 15.0 Å². The van der Waals surface area contributed by atoms with E-state index in [1.807, 2.05) is 0 Å². The Kier molecular flexibility index (Phi) is 4.99. The van der Waals surface area contributed by atoms with Crippen molar-refractivity contribution < 1.29 is 24.9 Å². The maximum absolute atomic E-state index is 12.5. The molecule has 3 heterocycles. The molecule has 11 heteroatoms.